The van der Waals surface area contributed by atoms with E-state index in [4.69, 9.17) is 9.52 Å². The van der Waals surface area contributed by atoms with Crippen molar-refractivity contribution in [2.45, 2.75) is 0 Å². The molecule has 0 spiro atoms. The molecule has 0 aliphatic rings. The van der Waals surface area contributed by atoms with Gasteiger partial charge in [-0.05, 0) is 6.07 Å². The average molecular weight is 174 g/mol. The van der Waals surface area contributed by atoms with Gasteiger partial charge in [-0.1, -0.05) is 30.4 Å². The standard InChI is InChI=1S/C11H10O2/c12-7-3-4-9-8-13-11-6-2-1-5-10(9)11/h1-6,8,12H,7H2. The molecule has 0 saturated carbocycles. The molecule has 2 nitrogen and oxygen atoms in total. The van der Waals surface area contributed by atoms with Crippen molar-refractivity contribution in [3.63, 3.8) is 0 Å². The van der Waals surface area contributed by atoms with Gasteiger partial charge in [0.15, 0.2) is 0 Å². The van der Waals surface area contributed by atoms with Gasteiger partial charge in [0.1, 0.15) is 5.58 Å². The topological polar surface area (TPSA) is 33.4 Å². The van der Waals surface area contributed by atoms with E-state index < -0.39 is 0 Å². The summed E-state index contributed by atoms with van der Waals surface area (Å²) in [6.07, 6.45) is 5.24. The van der Waals surface area contributed by atoms with Gasteiger partial charge in [0.05, 0.1) is 12.9 Å². The second-order valence-corrected chi connectivity index (χ2v) is 2.77. The molecule has 2 heteroatoms. The van der Waals surface area contributed by atoms with Crippen LogP contribution in [0.2, 0.25) is 0 Å². The minimum atomic E-state index is 0.0551. The molecule has 1 aromatic heterocycles. The van der Waals surface area contributed by atoms with Crippen molar-refractivity contribution >= 4 is 17.0 Å². The van der Waals surface area contributed by atoms with Crippen LogP contribution >= 0.6 is 0 Å². The van der Waals surface area contributed by atoms with Crippen molar-refractivity contribution in [3.05, 3.63) is 42.2 Å². The summed E-state index contributed by atoms with van der Waals surface area (Å²) < 4.78 is 5.31. The summed E-state index contributed by atoms with van der Waals surface area (Å²) in [7, 11) is 0. The summed E-state index contributed by atoms with van der Waals surface area (Å²) in [6, 6.07) is 7.82. The number of hydrogen-bond donors (Lipinski definition) is 1. The number of rotatable bonds is 2. The predicted molar refractivity (Wildman–Crippen MR) is 52.3 cm³/mol. The smallest absolute Gasteiger partial charge is 0.134 e. The molecule has 2 aromatic rings. The number of furan rings is 1. The Morgan fingerprint density at radius 1 is 1.31 bits per heavy atom. The van der Waals surface area contributed by atoms with Gasteiger partial charge in [-0.3, -0.25) is 0 Å². The molecule has 0 saturated heterocycles. The zero-order valence-corrected chi connectivity index (χ0v) is 7.10. The Balaban J connectivity index is 2.52. The molecule has 1 aromatic carbocycles. The minimum absolute atomic E-state index is 0.0551. The van der Waals surface area contributed by atoms with Crippen molar-refractivity contribution < 1.29 is 9.52 Å². The quantitative estimate of drug-likeness (QED) is 0.758. The van der Waals surface area contributed by atoms with E-state index in [1.807, 2.05) is 30.3 Å². The van der Waals surface area contributed by atoms with E-state index in [2.05, 4.69) is 0 Å². The third kappa shape index (κ3) is 1.48. The molecule has 0 fully saturated rings. The Kier molecular flexibility index (Phi) is 2.15. The molecule has 0 amide bonds. The lowest BCUT2D eigenvalue weighted by Gasteiger charge is -1.87. The fraction of sp³-hybridized carbons (Fsp3) is 0.0909. The molecule has 1 N–H and O–H groups in total. The fourth-order valence-corrected chi connectivity index (χ4v) is 1.31. The molecule has 2 rings (SSSR count). The molecule has 13 heavy (non-hydrogen) atoms. The van der Waals surface area contributed by atoms with Crippen molar-refractivity contribution in [1.82, 2.24) is 0 Å². The second kappa shape index (κ2) is 3.46. The highest BCUT2D eigenvalue weighted by Gasteiger charge is 1.99. The number of para-hydroxylation sites is 1. The van der Waals surface area contributed by atoms with E-state index in [0.29, 0.717) is 0 Å². The Morgan fingerprint density at radius 2 is 2.15 bits per heavy atom. The van der Waals surface area contributed by atoms with Crippen LogP contribution in [-0.4, -0.2) is 11.7 Å². The summed E-state index contributed by atoms with van der Waals surface area (Å²) in [5, 5.41) is 9.70. The minimum Gasteiger partial charge on any atom is -0.464 e. The third-order valence-electron chi connectivity index (χ3n) is 1.91. The lowest BCUT2D eigenvalue weighted by Crippen LogP contribution is -1.71. The summed E-state index contributed by atoms with van der Waals surface area (Å²) in [5.74, 6) is 0. The number of hydrogen-bond acceptors (Lipinski definition) is 2. The monoisotopic (exact) mass is 174 g/mol. The maximum atomic E-state index is 8.62. The van der Waals surface area contributed by atoms with Crippen molar-refractivity contribution in [2.75, 3.05) is 6.61 Å². The van der Waals surface area contributed by atoms with E-state index in [1.165, 1.54) is 0 Å². The average Bonchev–Trinajstić information content (AvgIpc) is 2.58. The van der Waals surface area contributed by atoms with Crippen LogP contribution in [0.15, 0.2) is 41.0 Å². The largest absolute Gasteiger partial charge is 0.464 e. The van der Waals surface area contributed by atoms with Gasteiger partial charge in [-0.25, -0.2) is 0 Å². The molecular formula is C11H10O2. The highest BCUT2D eigenvalue weighted by Crippen LogP contribution is 2.21. The molecular weight excluding hydrogens is 164 g/mol. The number of fused-ring (bicyclic) bond motifs is 1. The third-order valence-corrected chi connectivity index (χ3v) is 1.91. The first-order valence-corrected chi connectivity index (χ1v) is 4.15. The summed E-state index contributed by atoms with van der Waals surface area (Å²) in [4.78, 5) is 0. The van der Waals surface area contributed by atoms with Crippen molar-refractivity contribution in [1.29, 1.82) is 0 Å². The predicted octanol–water partition coefficient (Wildman–Crippen LogP) is 2.44. The Bertz CT molecular complexity index is 426. The highest BCUT2D eigenvalue weighted by molar-refractivity contribution is 5.86. The van der Waals surface area contributed by atoms with E-state index in [1.54, 1.807) is 12.3 Å². The van der Waals surface area contributed by atoms with Gasteiger partial charge in [-0.15, -0.1) is 0 Å². The fourth-order valence-electron chi connectivity index (χ4n) is 1.31. The molecule has 66 valence electrons. The maximum absolute atomic E-state index is 8.62. The number of aliphatic hydroxyl groups is 1. The summed E-state index contributed by atoms with van der Waals surface area (Å²) in [6.45, 7) is 0.0551. The number of aliphatic hydroxyl groups excluding tert-OH is 1. The molecule has 0 radical (unpaired) electrons. The Hall–Kier alpha value is -1.54. The van der Waals surface area contributed by atoms with Gasteiger partial charge in [0.2, 0.25) is 0 Å². The first-order valence-electron chi connectivity index (χ1n) is 4.15. The summed E-state index contributed by atoms with van der Waals surface area (Å²) in [5.41, 5.74) is 1.88. The normalized spacial score (nSPS) is 11.5. The highest BCUT2D eigenvalue weighted by atomic mass is 16.3. The van der Waals surface area contributed by atoms with Crippen LogP contribution in [-0.2, 0) is 0 Å². The van der Waals surface area contributed by atoms with Crippen molar-refractivity contribution in [2.24, 2.45) is 0 Å². The lowest BCUT2D eigenvalue weighted by atomic mass is 10.2. The van der Waals surface area contributed by atoms with E-state index >= 15 is 0 Å². The Labute approximate surface area is 76.1 Å². The van der Waals surface area contributed by atoms with Crippen LogP contribution in [0.4, 0.5) is 0 Å². The molecule has 0 bridgehead atoms. The summed E-state index contributed by atoms with van der Waals surface area (Å²) >= 11 is 0. The van der Waals surface area contributed by atoms with Crippen LogP contribution in [0.5, 0.6) is 0 Å². The van der Waals surface area contributed by atoms with Gasteiger partial charge >= 0.3 is 0 Å². The van der Waals surface area contributed by atoms with E-state index in [0.717, 1.165) is 16.5 Å². The van der Waals surface area contributed by atoms with Crippen LogP contribution < -0.4 is 0 Å². The SMILES string of the molecule is OCC=Cc1coc2ccccc12. The second-order valence-electron chi connectivity index (χ2n) is 2.77. The lowest BCUT2D eigenvalue weighted by molar-refractivity contribution is 0.343. The molecule has 0 unspecified atom stereocenters. The van der Waals surface area contributed by atoms with Crippen LogP contribution in [0.3, 0.4) is 0 Å². The molecule has 1 heterocycles. The van der Waals surface area contributed by atoms with Crippen LogP contribution in [0, 0.1) is 0 Å². The molecule has 0 aliphatic heterocycles. The van der Waals surface area contributed by atoms with Crippen LogP contribution in [0.25, 0.3) is 17.0 Å². The Morgan fingerprint density at radius 3 is 3.00 bits per heavy atom. The van der Waals surface area contributed by atoms with E-state index in [-0.39, 0.29) is 6.61 Å². The first kappa shape index (κ1) is 8.08. The van der Waals surface area contributed by atoms with Gasteiger partial charge in [-0.2, -0.15) is 0 Å². The van der Waals surface area contributed by atoms with Gasteiger partial charge in [0.25, 0.3) is 0 Å². The van der Waals surface area contributed by atoms with Crippen molar-refractivity contribution in [3.8, 4) is 0 Å². The maximum Gasteiger partial charge on any atom is 0.134 e. The zero-order valence-electron chi connectivity index (χ0n) is 7.10. The first-order chi connectivity index (χ1) is 6.42. The van der Waals surface area contributed by atoms with Crippen LogP contribution in [0.1, 0.15) is 5.56 Å². The molecule has 0 aliphatic carbocycles. The van der Waals surface area contributed by atoms with Gasteiger partial charge in [0, 0.05) is 10.9 Å². The zero-order chi connectivity index (χ0) is 9.10. The number of benzene rings is 1. The van der Waals surface area contributed by atoms with Gasteiger partial charge < -0.3 is 9.52 Å². The van der Waals surface area contributed by atoms with E-state index in [9.17, 15) is 0 Å². The molecule has 0 atom stereocenters.